The van der Waals surface area contributed by atoms with Crippen molar-refractivity contribution in [2.45, 2.75) is 0 Å². The Kier molecular flexibility index (Phi) is 2.93. The lowest BCUT2D eigenvalue weighted by atomic mass is 10.0. The summed E-state index contributed by atoms with van der Waals surface area (Å²) in [6.07, 6.45) is 5.77. The van der Waals surface area contributed by atoms with Gasteiger partial charge in [0.25, 0.3) is 0 Å². The maximum atomic E-state index is 5.48. The highest BCUT2D eigenvalue weighted by Crippen LogP contribution is 2.35. The number of methoxy groups -OCH3 is 1. The first-order valence-corrected chi connectivity index (χ1v) is 7.11. The largest absolute Gasteiger partial charge is 0.496 e. The molecule has 0 aliphatic carbocycles. The van der Waals surface area contributed by atoms with Crippen LogP contribution in [0.3, 0.4) is 0 Å². The molecule has 0 saturated heterocycles. The number of pyridine rings is 1. The molecule has 0 aliphatic heterocycles. The van der Waals surface area contributed by atoms with Gasteiger partial charge in [0.05, 0.1) is 7.11 Å². The lowest BCUT2D eigenvalue weighted by Crippen LogP contribution is -1.87. The molecule has 2 N–H and O–H groups in total. The maximum absolute atomic E-state index is 5.48. The van der Waals surface area contributed by atoms with Crippen molar-refractivity contribution in [3.63, 3.8) is 0 Å². The van der Waals surface area contributed by atoms with Crippen LogP contribution in [0.1, 0.15) is 0 Å². The van der Waals surface area contributed by atoms with E-state index in [4.69, 9.17) is 4.74 Å². The summed E-state index contributed by atoms with van der Waals surface area (Å²) in [5, 5.41) is 1.08. The third kappa shape index (κ3) is 1.97. The topological polar surface area (TPSA) is 53.7 Å². The summed E-state index contributed by atoms with van der Waals surface area (Å²) in [5.41, 5.74) is 5.14. The molecule has 0 amide bonds. The standard InChI is InChI=1S/C18H15N3O/c1-22-17-7-3-2-5-13(17)15-11-21-18-14(15)9-12(10-20-18)16-6-4-8-19-16/h2-11,19H,1H3,(H,20,21). The normalized spacial score (nSPS) is 11.0. The Labute approximate surface area is 127 Å². The van der Waals surface area contributed by atoms with E-state index in [2.05, 4.69) is 27.1 Å². The van der Waals surface area contributed by atoms with Gasteiger partial charge in [0.1, 0.15) is 11.4 Å². The second kappa shape index (κ2) is 5.07. The molecule has 0 bridgehead atoms. The van der Waals surface area contributed by atoms with Crippen LogP contribution in [0.4, 0.5) is 0 Å². The minimum atomic E-state index is 0.855. The van der Waals surface area contributed by atoms with Gasteiger partial charge in [0, 0.05) is 46.4 Å². The molecule has 3 heterocycles. The molecule has 0 unspecified atom stereocenters. The summed E-state index contributed by atoms with van der Waals surface area (Å²) in [7, 11) is 1.69. The zero-order chi connectivity index (χ0) is 14.9. The molecular formula is C18H15N3O. The number of fused-ring (bicyclic) bond motifs is 1. The van der Waals surface area contributed by atoms with Crippen molar-refractivity contribution in [1.29, 1.82) is 0 Å². The van der Waals surface area contributed by atoms with Crippen molar-refractivity contribution in [2.75, 3.05) is 7.11 Å². The minimum absolute atomic E-state index is 0.855. The van der Waals surface area contributed by atoms with Gasteiger partial charge in [-0.3, -0.25) is 0 Å². The molecule has 3 aromatic heterocycles. The van der Waals surface area contributed by atoms with Crippen molar-refractivity contribution >= 4 is 11.0 Å². The Bertz CT molecular complexity index is 923. The van der Waals surface area contributed by atoms with Crippen molar-refractivity contribution in [2.24, 2.45) is 0 Å². The number of benzene rings is 1. The number of hydrogen-bond acceptors (Lipinski definition) is 2. The predicted octanol–water partition coefficient (Wildman–Crippen LogP) is 4.23. The second-order valence-electron chi connectivity index (χ2n) is 5.11. The summed E-state index contributed by atoms with van der Waals surface area (Å²) < 4.78 is 5.48. The van der Waals surface area contributed by atoms with Gasteiger partial charge in [0.15, 0.2) is 0 Å². The van der Waals surface area contributed by atoms with Gasteiger partial charge in [-0.1, -0.05) is 18.2 Å². The number of aromatic amines is 2. The van der Waals surface area contributed by atoms with E-state index in [1.165, 1.54) is 0 Å². The van der Waals surface area contributed by atoms with E-state index < -0.39 is 0 Å². The highest BCUT2D eigenvalue weighted by Gasteiger charge is 2.12. The van der Waals surface area contributed by atoms with Gasteiger partial charge in [0.2, 0.25) is 0 Å². The highest BCUT2D eigenvalue weighted by molar-refractivity contribution is 5.97. The monoisotopic (exact) mass is 289 g/mol. The van der Waals surface area contributed by atoms with Gasteiger partial charge < -0.3 is 14.7 Å². The number of hydrogen-bond donors (Lipinski definition) is 2. The number of para-hydroxylation sites is 1. The smallest absolute Gasteiger partial charge is 0.137 e. The van der Waals surface area contributed by atoms with E-state index in [1.54, 1.807) is 7.11 Å². The van der Waals surface area contributed by atoms with Crippen LogP contribution in [0.2, 0.25) is 0 Å². The van der Waals surface area contributed by atoms with E-state index >= 15 is 0 Å². The van der Waals surface area contributed by atoms with Gasteiger partial charge in [-0.2, -0.15) is 0 Å². The zero-order valence-corrected chi connectivity index (χ0v) is 12.1. The fraction of sp³-hybridized carbons (Fsp3) is 0.0556. The van der Waals surface area contributed by atoms with Crippen LogP contribution in [-0.2, 0) is 0 Å². The molecule has 4 aromatic rings. The Morgan fingerprint density at radius 3 is 2.73 bits per heavy atom. The fourth-order valence-corrected chi connectivity index (χ4v) is 2.75. The van der Waals surface area contributed by atoms with Crippen molar-refractivity contribution in [3.05, 3.63) is 61.1 Å². The van der Waals surface area contributed by atoms with Gasteiger partial charge in [-0.15, -0.1) is 0 Å². The Balaban J connectivity index is 1.93. The first kappa shape index (κ1) is 12.7. The number of aromatic nitrogens is 3. The summed E-state index contributed by atoms with van der Waals surface area (Å²) in [6, 6.07) is 14.2. The average Bonchev–Trinajstić information content (AvgIpc) is 3.23. The molecule has 0 aliphatic rings. The molecule has 0 saturated carbocycles. The minimum Gasteiger partial charge on any atom is -0.496 e. The third-order valence-corrected chi connectivity index (χ3v) is 3.84. The average molecular weight is 289 g/mol. The predicted molar refractivity (Wildman–Crippen MR) is 87.9 cm³/mol. The molecule has 0 atom stereocenters. The molecule has 0 fully saturated rings. The van der Waals surface area contributed by atoms with Crippen molar-refractivity contribution in [1.82, 2.24) is 15.0 Å². The van der Waals surface area contributed by atoms with Gasteiger partial charge in [-0.05, 0) is 24.3 Å². The quantitative estimate of drug-likeness (QED) is 0.593. The first-order chi connectivity index (χ1) is 10.9. The van der Waals surface area contributed by atoms with Crippen LogP contribution in [0, 0.1) is 0 Å². The van der Waals surface area contributed by atoms with E-state index in [-0.39, 0.29) is 0 Å². The van der Waals surface area contributed by atoms with Gasteiger partial charge in [-0.25, -0.2) is 4.98 Å². The molecule has 4 heteroatoms. The number of ether oxygens (including phenoxy) is 1. The summed E-state index contributed by atoms with van der Waals surface area (Å²) >= 11 is 0. The molecule has 4 rings (SSSR count). The van der Waals surface area contributed by atoms with Crippen LogP contribution in [0.5, 0.6) is 5.75 Å². The first-order valence-electron chi connectivity index (χ1n) is 7.11. The van der Waals surface area contributed by atoms with Crippen molar-refractivity contribution in [3.8, 4) is 28.1 Å². The van der Waals surface area contributed by atoms with E-state index in [0.717, 1.165) is 39.2 Å². The molecule has 108 valence electrons. The maximum Gasteiger partial charge on any atom is 0.137 e. The molecule has 1 aromatic carbocycles. The van der Waals surface area contributed by atoms with E-state index in [1.807, 2.05) is 48.9 Å². The summed E-state index contributed by atoms with van der Waals surface area (Å²) in [5.74, 6) is 0.855. The van der Waals surface area contributed by atoms with Gasteiger partial charge >= 0.3 is 0 Å². The number of rotatable bonds is 3. The van der Waals surface area contributed by atoms with Crippen LogP contribution >= 0.6 is 0 Å². The second-order valence-corrected chi connectivity index (χ2v) is 5.11. The molecule has 4 nitrogen and oxygen atoms in total. The van der Waals surface area contributed by atoms with Crippen LogP contribution in [0.15, 0.2) is 61.1 Å². The fourth-order valence-electron chi connectivity index (χ4n) is 2.75. The van der Waals surface area contributed by atoms with Crippen LogP contribution in [-0.4, -0.2) is 22.1 Å². The Hall–Kier alpha value is -3.01. The number of H-pyrrole nitrogens is 2. The Morgan fingerprint density at radius 1 is 1.00 bits per heavy atom. The zero-order valence-electron chi connectivity index (χ0n) is 12.1. The Morgan fingerprint density at radius 2 is 1.91 bits per heavy atom. The van der Waals surface area contributed by atoms with E-state index in [9.17, 15) is 0 Å². The van der Waals surface area contributed by atoms with Crippen LogP contribution in [0.25, 0.3) is 33.4 Å². The molecular weight excluding hydrogens is 274 g/mol. The third-order valence-electron chi connectivity index (χ3n) is 3.84. The lowest BCUT2D eigenvalue weighted by molar-refractivity contribution is 0.416. The van der Waals surface area contributed by atoms with Crippen LogP contribution < -0.4 is 4.74 Å². The number of nitrogens with zero attached hydrogens (tertiary/aromatic N) is 1. The lowest BCUT2D eigenvalue weighted by Gasteiger charge is -2.07. The summed E-state index contributed by atoms with van der Waals surface area (Å²) in [4.78, 5) is 11.0. The molecule has 22 heavy (non-hydrogen) atoms. The number of nitrogens with one attached hydrogen (secondary N) is 2. The van der Waals surface area contributed by atoms with E-state index in [0.29, 0.717) is 0 Å². The molecule has 0 spiro atoms. The highest BCUT2D eigenvalue weighted by atomic mass is 16.5. The SMILES string of the molecule is COc1ccccc1-c1c[nH]c2ncc(-c3ccc[nH]3)cc12. The molecule has 0 radical (unpaired) electrons. The summed E-state index contributed by atoms with van der Waals surface area (Å²) in [6.45, 7) is 0. The van der Waals surface area contributed by atoms with Crippen molar-refractivity contribution < 1.29 is 4.74 Å².